The van der Waals surface area contributed by atoms with Crippen molar-refractivity contribution in [2.45, 2.75) is 17.7 Å². The summed E-state index contributed by atoms with van der Waals surface area (Å²) in [5, 5.41) is 0.00746. The summed E-state index contributed by atoms with van der Waals surface area (Å²) in [6, 6.07) is 24.0. The molecule has 0 bridgehead atoms. The van der Waals surface area contributed by atoms with E-state index in [1.165, 1.54) is 17.8 Å². The molecule has 3 aromatic rings. The van der Waals surface area contributed by atoms with Crippen LogP contribution in [0.3, 0.4) is 0 Å². The lowest BCUT2D eigenvalue weighted by atomic mass is 9.98. The zero-order valence-corrected chi connectivity index (χ0v) is 14.1. The second-order valence-electron chi connectivity index (χ2n) is 5.56. The van der Waals surface area contributed by atoms with E-state index in [1.54, 1.807) is 6.07 Å². The monoisotopic (exact) mass is 336 g/mol. The number of rotatable bonds is 4. The highest BCUT2D eigenvalue weighted by Gasteiger charge is 2.18. The minimum Gasteiger partial charge on any atom is -0.286 e. The third kappa shape index (κ3) is 3.74. The van der Waals surface area contributed by atoms with Crippen LogP contribution in [0.25, 0.3) is 11.1 Å². The lowest BCUT2D eigenvalue weighted by Gasteiger charge is -2.12. The minimum absolute atomic E-state index is 0.00746. The van der Waals surface area contributed by atoms with E-state index >= 15 is 0 Å². The first-order valence-electron chi connectivity index (χ1n) is 7.77. The molecular weight excluding hydrogens is 319 g/mol. The number of carbonyl (C=O) groups is 1. The van der Waals surface area contributed by atoms with Crippen LogP contribution in [-0.2, 0) is 4.79 Å². The van der Waals surface area contributed by atoms with Crippen molar-refractivity contribution < 1.29 is 9.18 Å². The first-order chi connectivity index (χ1) is 11.6. The average Bonchev–Trinajstić information content (AvgIpc) is 2.62. The van der Waals surface area contributed by atoms with E-state index in [0.29, 0.717) is 11.1 Å². The number of benzene rings is 3. The Morgan fingerprint density at radius 2 is 1.54 bits per heavy atom. The Morgan fingerprint density at radius 3 is 2.17 bits per heavy atom. The molecule has 3 aromatic carbocycles. The molecule has 0 amide bonds. The predicted molar refractivity (Wildman–Crippen MR) is 97.6 cm³/mol. The second kappa shape index (κ2) is 7.45. The van der Waals surface area contributed by atoms with E-state index in [1.807, 2.05) is 73.7 Å². The summed E-state index contributed by atoms with van der Waals surface area (Å²) >= 11 is 1.19. The van der Waals surface area contributed by atoms with Crippen LogP contribution in [-0.4, -0.2) is 5.12 Å². The van der Waals surface area contributed by atoms with Gasteiger partial charge in [-0.3, -0.25) is 4.79 Å². The van der Waals surface area contributed by atoms with Crippen molar-refractivity contribution in [1.29, 1.82) is 0 Å². The van der Waals surface area contributed by atoms with Crippen molar-refractivity contribution in [3.05, 3.63) is 90.2 Å². The van der Waals surface area contributed by atoms with E-state index in [9.17, 15) is 9.18 Å². The van der Waals surface area contributed by atoms with Gasteiger partial charge in [0.05, 0.1) is 5.92 Å². The predicted octanol–water partition coefficient (Wildman–Crippen LogP) is 5.92. The molecule has 0 heterocycles. The molecule has 3 heteroatoms. The van der Waals surface area contributed by atoms with Crippen molar-refractivity contribution in [2.75, 3.05) is 0 Å². The highest BCUT2D eigenvalue weighted by Crippen LogP contribution is 2.30. The lowest BCUT2D eigenvalue weighted by Crippen LogP contribution is -2.05. The molecule has 1 nitrogen and oxygen atoms in total. The Bertz CT molecular complexity index is 831. The van der Waals surface area contributed by atoms with Gasteiger partial charge in [0.1, 0.15) is 5.82 Å². The molecular formula is C21H17FOS. The van der Waals surface area contributed by atoms with Crippen molar-refractivity contribution >= 4 is 16.9 Å². The Balaban J connectivity index is 1.79. The minimum atomic E-state index is -0.366. The number of thioether (sulfide) groups is 1. The fraction of sp³-hybridized carbons (Fsp3) is 0.0952. The van der Waals surface area contributed by atoms with Gasteiger partial charge in [0.15, 0.2) is 0 Å². The van der Waals surface area contributed by atoms with Gasteiger partial charge in [-0.15, -0.1) is 0 Å². The van der Waals surface area contributed by atoms with Crippen LogP contribution in [0.2, 0.25) is 0 Å². The van der Waals surface area contributed by atoms with Crippen molar-refractivity contribution in [1.82, 2.24) is 0 Å². The molecule has 0 aliphatic carbocycles. The summed E-state index contributed by atoms with van der Waals surface area (Å²) in [6.07, 6.45) is 0. The van der Waals surface area contributed by atoms with Gasteiger partial charge in [-0.25, -0.2) is 4.39 Å². The van der Waals surface area contributed by atoms with Crippen LogP contribution in [0.5, 0.6) is 0 Å². The van der Waals surface area contributed by atoms with Crippen LogP contribution in [0.15, 0.2) is 83.8 Å². The maximum absolute atomic E-state index is 14.5. The van der Waals surface area contributed by atoms with Crippen molar-refractivity contribution in [3.8, 4) is 11.1 Å². The molecule has 0 fully saturated rings. The standard InChI is InChI=1S/C21H17FOS/c1-15(21(23)24-18-10-6-3-7-11-18)17-12-13-19(20(22)14-17)16-8-4-2-5-9-16/h2-15H,1H3. The van der Waals surface area contributed by atoms with Gasteiger partial charge in [-0.1, -0.05) is 79.3 Å². The molecule has 0 spiro atoms. The number of halogens is 1. The summed E-state index contributed by atoms with van der Waals surface area (Å²) in [6.45, 7) is 1.81. The van der Waals surface area contributed by atoms with Gasteiger partial charge < -0.3 is 0 Å². The zero-order valence-electron chi connectivity index (χ0n) is 13.3. The van der Waals surface area contributed by atoms with E-state index in [0.717, 1.165) is 10.5 Å². The Hall–Kier alpha value is -2.39. The highest BCUT2D eigenvalue weighted by molar-refractivity contribution is 8.13. The number of hydrogen-bond donors (Lipinski definition) is 0. The first-order valence-corrected chi connectivity index (χ1v) is 8.58. The number of carbonyl (C=O) groups excluding carboxylic acids is 1. The van der Waals surface area contributed by atoms with E-state index in [2.05, 4.69) is 0 Å². The van der Waals surface area contributed by atoms with Crippen LogP contribution in [0.1, 0.15) is 18.4 Å². The summed E-state index contributed by atoms with van der Waals surface area (Å²) in [5.41, 5.74) is 2.08. The van der Waals surface area contributed by atoms with E-state index in [4.69, 9.17) is 0 Å². The van der Waals surface area contributed by atoms with Gasteiger partial charge in [0, 0.05) is 10.5 Å². The molecule has 24 heavy (non-hydrogen) atoms. The zero-order chi connectivity index (χ0) is 16.9. The van der Waals surface area contributed by atoms with E-state index < -0.39 is 0 Å². The van der Waals surface area contributed by atoms with Crippen molar-refractivity contribution in [2.24, 2.45) is 0 Å². The topological polar surface area (TPSA) is 17.1 Å². The molecule has 0 saturated heterocycles. The van der Waals surface area contributed by atoms with Crippen LogP contribution in [0, 0.1) is 5.82 Å². The molecule has 0 aliphatic heterocycles. The summed E-state index contributed by atoms with van der Waals surface area (Å²) < 4.78 is 14.5. The smallest absolute Gasteiger partial charge is 0.200 e. The van der Waals surface area contributed by atoms with Crippen LogP contribution >= 0.6 is 11.8 Å². The molecule has 120 valence electrons. The van der Waals surface area contributed by atoms with Crippen molar-refractivity contribution in [3.63, 3.8) is 0 Å². The van der Waals surface area contributed by atoms with E-state index in [-0.39, 0.29) is 16.9 Å². The lowest BCUT2D eigenvalue weighted by molar-refractivity contribution is -0.111. The molecule has 0 aliphatic rings. The maximum atomic E-state index is 14.5. The fourth-order valence-electron chi connectivity index (χ4n) is 2.48. The van der Waals surface area contributed by atoms with Gasteiger partial charge in [-0.05, 0) is 29.3 Å². The largest absolute Gasteiger partial charge is 0.286 e. The van der Waals surface area contributed by atoms with Crippen LogP contribution in [0.4, 0.5) is 4.39 Å². The van der Waals surface area contributed by atoms with Gasteiger partial charge in [0.25, 0.3) is 0 Å². The maximum Gasteiger partial charge on any atom is 0.200 e. The molecule has 3 rings (SSSR count). The third-order valence-corrected chi connectivity index (χ3v) is 4.96. The molecule has 0 saturated carbocycles. The molecule has 0 radical (unpaired) electrons. The summed E-state index contributed by atoms with van der Waals surface area (Å²) in [4.78, 5) is 13.3. The summed E-state index contributed by atoms with van der Waals surface area (Å²) in [7, 11) is 0. The first kappa shape index (κ1) is 16.5. The molecule has 0 N–H and O–H groups in total. The second-order valence-corrected chi connectivity index (χ2v) is 6.64. The Morgan fingerprint density at radius 1 is 0.917 bits per heavy atom. The Kier molecular flexibility index (Phi) is 5.11. The highest BCUT2D eigenvalue weighted by atomic mass is 32.2. The van der Waals surface area contributed by atoms with Gasteiger partial charge in [-0.2, -0.15) is 0 Å². The SMILES string of the molecule is CC(C(=O)Sc1ccccc1)c1ccc(-c2ccccc2)c(F)c1. The molecule has 0 aromatic heterocycles. The van der Waals surface area contributed by atoms with Crippen LogP contribution < -0.4 is 0 Å². The fourth-order valence-corrected chi connectivity index (χ4v) is 3.32. The van der Waals surface area contributed by atoms with Gasteiger partial charge >= 0.3 is 0 Å². The number of hydrogen-bond acceptors (Lipinski definition) is 2. The average molecular weight is 336 g/mol. The molecule has 1 atom stereocenters. The Labute approximate surface area is 145 Å². The molecule has 1 unspecified atom stereocenters. The third-order valence-electron chi connectivity index (χ3n) is 3.89. The normalized spacial score (nSPS) is 11.9. The quantitative estimate of drug-likeness (QED) is 0.551. The van der Waals surface area contributed by atoms with Gasteiger partial charge in [0.2, 0.25) is 5.12 Å². The summed E-state index contributed by atoms with van der Waals surface area (Å²) in [5.74, 6) is -0.669.